The Kier molecular flexibility index (Phi) is 5.96. The average molecular weight is 468 g/mol. The van der Waals surface area contributed by atoms with Gasteiger partial charge in [0.1, 0.15) is 11.5 Å². The summed E-state index contributed by atoms with van der Waals surface area (Å²) in [6.07, 6.45) is 5.46. The highest BCUT2D eigenvalue weighted by atomic mass is 32.2. The summed E-state index contributed by atoms with van der Waals surface area (Å²) < 4.78 is 37.5. The zero-order valence-corrected chi connectivity index (χ0v) is 19.2. The lowest BCUT2D eigenvalue weighted by Crippen LogP contribution is -2.23. The van der Waals surface area contributed by atoms with E-state index in [1.54, 1.807) is 41.8 Å². The van der Waals surface area contributed by atoms with Gasteiger partial charge in [-0.05, 0) is 36.8 Å². The maximum absolute atomic E-state index is 13.3. The molecule has 0 aliphatic carbocycles. The topological polar surface area (TPSA) is 81.7 Å². The lowest BCUT2D eigenvalue weighted by Gasteiger charge is -2.24. The van der Waals surface area contributed by atoms with Crippen molar-refractivity contribution in [2.24, 2.45) is 0 Å². The molecule has 1 amide bonds. The molecule has 0 radical (unpaired) electrons. The number of hydrogen-bond acceptors (Lipinski definition) is 6. The molecule has 0 fully saturated rings. The van der Waals surface area contributed by atoms with Crippen LogP contribution in [0.15, 0.2) is 57.6 Å². The number of fused-ring (bicyclic) bond motifs is 1. The predicted octanol–water partition coefficient (Wildman–Crippen LogP) is 4.38. The third-order valence-electron chi connectivity index (χ3n) is 5.28. The van der Waals surface area contributed by atoms with Crippen LogP contribution in [0.1, 0.15) is 28.3 Å². The van der Waals surface area contributed by atoms with E-state index >= 15 is 0 Å². The summed E-state index contributed by atoms with van der Waals surface area (Å²) >= 11 is 1.32. The molecule has 6 nitrogen and oxygen atoms in total. The van der Waals surface area contributed by atoms with Gasteiger partial charge in [0.25, 0.3) is 0 Å². The standard InChI is InChI=1S/C24H21NO5S2/c1-4-11-30-19-10-7-16(12-20(19)29-3)18-13-22(26)25-23-21(14-31-24(18)23)32(27,28)17-8-5-15(2)6-9-17/h1,5-10,12,14,18H,11,13H2,2-3H3,(H,25,26)/t18-/m1/s1. The third kappa shape index (κ3) is 3.97. The van der Waals surface area contributed by atoms with Crippen molar-refractivity contribution in [1.29, 1.82) is 0 Å². The molecule has 0 bridgehead atoms. The van der Waals surface area contributed by atoms with Gasteiger partial charge < -0.3 is 14.8 Å². The van der Waals surface area contributed by atoms with Crippen LogP contribution in [-0.2, 0) is 14.6 Å². The quantitative estimate of drug-likeness (QED) is 0.544. The number of thiophene rings is 1. The second-order valence-electron chi connectivity index (χ2n) is 7.36. The monoisotopic (exact) mass is 467 g/mol. The van der Waals surface area contributed by atoms with E-state index in [-0.39, 0.29) is 34.6 Å². The fraction of sp³-hybridized carbons (Fsp3) is 0.208. The van der Waals surface area contributed by atoms with E-state index in [4.69, 9.17) is 15.9 Å². The van der Waals surface area contributed by atoms with E-state index in [9.17, 15) is 13.2 Å². The van der Waals surface area contributed by atoms with Crippen molar-refractivity contribution in [3.63, 3.8) is 0 Å². The number of amides is 1. The first kappa shape index (κ1) is 21.9. The number of sulfone groups is 1. The number of anilines is 1. The molecule has 32 heavy (non-hydrogen) atoms. The van der Waals surface area contributed by atoms with Crippen LogP contribution in [0.3, 0.4) is 0 Å². The molecule has 1 aromatic heterocycles. The highest BCUT2D eigenvalue weighted by molar-refractivity contribution is 7.91. The number of nitrogens with one attached hydrogen (secondary N) is 1. The number of aryl methyl sites for hydroxylation is 1. The van der Waals surface area contributed by atoms with Crippen LogP contribution in [0.2, 0.25) is 0 Å². The van der Waals surface area contributed by atoms with Crippen molar-refractivity contribution in [3.8, 4) is 23.8 Å². The highest BCUT2D eigenvalue weighted by Gasteiger charge is 2.34. The number of ether oxygens (including phenoxy) is 2. The van der Waals surface area contributed by atoms with Crippen molar-refractivity contribution in [1.82, 2.24) is 0 Å². The van der Waals surface area contributed by atoms with Crippen molar-refractivity contribution in [2.75, 3.05) is 19.0 Å². The maximum Gasteiger partial charge on any atom is 0.225 e. The number of terminal acetylenes is 1. The number of carbonyl (C=O) groups excluding carboxylic acids is 1. The van der Waals surface area contributed by atoms with Gasteiger partial charge in [-0.25, -0.2) is 8.42 Å². The Morgan fingerprint density at radius 2 is 1.94 bits per heavy atom. The predicted molar refractivity (Wildman–Crippen MR) is 123 cm³/mol. The first-order valence-electron chi connectivity index (χ1n) is 9.82. The van der Waals surface area contributed by atoms with Crippen LogP contribution in [0, 0.1) is 19.3 Å². The third-order valence-corrected chi connectivity index (χ3v) is 8.32. The average Bonchev–Trinajstić information content (AvgIpc) is 3.22. The fourth-order valence-corrected chi connectivity index (χ4v) is 6.56. The molecule has 0 saturated heterocycles. The number of carbonyl (C=O) groups is 1. The summed E-state index contributed by atoms with van der Waals surface area (Å²) in [5, 5.41) is 4.37. The molecule has 0 spiro atoms. The van der Waals surface area contributed by atoms with E-state index in [1.165, 1.54) is 18.4 Å². The highest BCUT2D eigenvalue weighted by Crippen LogP contribution is 2.47. The minimum Gasteiger partial charge on any atom is -0.493 e. The zero-order valence-electron chi connectivity index (χ0n) is 17.5. The summed E-state index contributed by atoms with van der Waals surface area (Å²) in [6, 6.07) is 12.1. The smallest absolute Gasteiger partial charge is 0.225 e. The molecule has 4 rings (SSSR count). The molecule has 8 heteroatoms. The van der Waals surface area contributed by atoms with Gasteiger partial charge in [0.05, 0.1) is 17.7 Å². The summed E-state index contributed by atoms with van der Waals surface area (Å²) in [6.45, 7) is 2.00. The molecule has 1 atom stereocenters. The SMILES string of the molecule is C#CCOc1ccc([C@H]2CC(=O)Nc3c(S(=O)(=O)c4ccc(C)cc4)csc32)cc1OC. The molecule has 1 aliphatic heterocycles. The maximum atomic E-state index is 13.3. The molecule has 0 saturated carbocycles. The van der Waals surface area contributed by atoms with Gasteiger partial charge in [0, 0.05) is 22.6 Å². The Hall–Kier alpha value is -3.28. The van der Waals surface area contributed by atoms with E-state index in [0.717, 1.165) is 16.0 Å². The van der Waals surface area contributed by atoms with Gasteiger partial charge in [-0.3, -0.25) is 4.79 Å². The Morgan fingerprint density at radius 1 is 1.19 bits per heavy atom. The molecule has 1 aliphatic rings. The normalized spacial score (nSPS) is 15.4. The number of rotatable bonds is 6. The second-order valence-corrected chi connectivity index (χ2v) is 10.2. The number of hydrogen-bond donors (Lipinski definition) is 1. The number of methoxy groups -OCH3 is 1. The van der Waals surface area contributed by atoms with Crippen molar-refractivity contribution in [2.45, 2.75) is 29.1 Å². The Balaban J connectivity index is 1.76. The van der Waals surface area contributed by atoms with Gasteiger partial charge in [0.2, 0.25) is 15.7 Å². The van der Waals surface area contributed by atoms with Crippen LogP contribution in [0.25, 0.3) is 0 Å². The fourth-order valence-electron chi connectivity index (χ4n) is 3.66. The van der Waals surface area contributed by atoms with Crippen LogP contribution >= 0.6 is 11.3 Å². The minimum absolute atomic E-state index is 0.108. The van der Waals surface area contributed by atoms with Crippen LogP contribution in [0.5, 0.6) is 11.5 Å². The van der Waals surface area contributed by atoms with Gasteiger partial charge in [0.15, 0.2) is 11.5 Å². The summed E-state index contributed by atoms with van der Waals surface area (Å²) in [7, 11) is -2.25. The van der Waals surface area contributed by atoms with E-state index in [2.05, 4.69) is 11.2 Å². The lowest BCUT2D eigenvalue weighted by molar-refractivity contribution is -0.116. The van der Waals surface area contributed by atoms with Gasteiger partial charge in [-0.15, -0.1) is 17.8 Å². The van der Waals surface area contributed by atoms with Crippen molar-refractivity contribution < 1.29 is 22.7 Å². The first-order valence-corrected chi connectivity index (χ1v) is 12.2. The molecular weight excluding hydrogens is 446 g/mol. The van der Waals surface area contributed by atoms with Crippen LogP contribution in [-0.4, -0.2) is 28.0 Å². The van der Waals surface area contributed by atoms with Crippen molar-refractivity contribution >= 4 is 32.8 Å². The molecule has 0 unspecified atom stereocenters. The molecule has 3 aromatic rings. The minimum atomic E-state index is -3.78. The summed E-state index contributed by atoms with van der Waals surface area (Å²) in [4.78, 5) is 13.6. The van der Waals surface area contributed by atoms with E-state index < -0.39 is 9.84 Å². The van der Waals surface area contributed by atoms with Gasteiger partial charge >= 0.3 is 0 Å². The van der Waals surface area contributed by atoms with Crippen LogP contribution < -0.4 is 14.8 Å². The van der Waals surface area contributed by atoms with Gasteiger partial charge in [-0.1, -0.05) is 29.7 Å². The van der Waals surface area contributed by atoms with Crippen LogP contribution in [0.4, 0.5) is 5.69 Å². The van der Waals surface area contributed by atoms with Gasteiger partial charge in [-0.2, -0.15) is 0 Å². The Morgan fingerprint density at radius 3 is 2.62 bits per heavy atom. The van der Waals surface area contributed by atoms with Crippen molar-refractivity contribution in [3.05, 3.63) is 63.8 Å². The second kappa shape index (κ2) is 8.69. The Labute approximate surface area is 191 Å². The molecule has 164 valence electrons. The first-order chi connectivity index (χ1) is 15.3. The van der Waals surface area contributed by atoms with E-state index in [1.807, 2.05) is 13.0 Å². The molecule has 2 heterocycles. The summed E-state index contributed by atoms with van der Waals surface area (Å²) in [5.41, 5.74) is 2.14. The molecule has 2 aromatic carbocycles. The number of benzene rings is 2. The van der Waals surface area contributed by atoms with E-state index in [0.29, 0.717) is 17.2 Å². The Bertz CT molecular complexity index is 1320. The summed E-state index contributed by atoms with van der Waals surface area (Å²) in [5.74, 6) is 2.86. The lowest BCUT2D eigenvalue weighted by atomic mass is 9.90. The molecule has 1 N–H and O–H groups in total. The largest absolute Gasteiger partial charge is 0.493 e. The molecular formula is C24H21NO5S2. The zero-order chi connectivity index (χ0) is 22.9.